The molecule has 0 bridgehead atoms. The first-order chi connectivity index (χ1) is 13.4. The summed E-state index contributed by atoms with van der Waals surface area (Å²) in [5, 5.41) is 13.3. The van der Waals surface area contributed by atoms with E-state index in [0.29, 0.717) is 17.0 Å². The number of carbonyl (C=O) groups is 2. The van der Waals surface area contributed by atoms with Gasteiger partial charge in [-0.2, -0.15) is 0 Å². The maximum atomic E-state index is 12.1. The quantitative estimate of drug-likeness (QED) is 0.394. The minimum Gasteiger partial charge on any atom is -0.450 e. The number of ether oxygens (including phenoxy) is 1. The van der Waals surface area contributed by atoms with Crippen molar-refractivity contribution >= 4 is 23.3 Å². The Bertz CT molecular complexity index is 1020. The minimum atomic E-state index is -0.785. The van der Waals surface area contributed by atoms with Crippen molar-refractivity contribution in [2.75, 3.05) is 11.9 Å². The van der Waals surface area contributed by atoms with E-state index in [0.717, 1.165) is 5.56 Å². The Balaban J connectivity index is 1.58. The maximum absolute atomic E-state index is 12.1. The van der Waals surface area contributed by atoms with Gasteiger partial charge in [0, 0.05) is 23.4 Å². The maximum Gasteiger partial charge on any atom is 0.374 e. The lowest BCUT2D eigenvalue weighted by atomic mass is 10.1. The first-order valence-corrected chi connectivity index (χ1v) is 8.31. The summed E-state index contributed by atoms with van der Waals surface area (Å²) in [4.78, 5) is 34.1. The van der Waals surface area contributed by atoms with Crippen molar-refractivity contribution in [1.82, 2.24) is 0 Å². The molecule has 1 N–H and O–H groups in total. The third-order valence-electron chi connectivity index (χ3n) is 3.81. The minimum absolute atomic E-state index is 0.0467. The Labute approximate surface area is 159 Å². The summed E-state index contributed by atoms with van der Waals surface area (Å²) in [5.41, 5.74) is 2.13. The molecule has 0 atom stereocenters. The molecule has 0 radical (unpaired) electrons. The number of nitrogens with zero attached hydrogens (tertiary/aromatic N) is 1. The number of furan rings is 1. The van der Waals surface area contributed by atoms with Gasteiger partial charge >= 0.3 is 5.97 Å². The van der Waals surface area contributed by atoms with Crippen LogP contribution >= 0.6 is 0 Å². The number of benzene rings is 2. The summed E-state index contributed by atoms with van der Waals surface area (Å²) < 4.78 is 10.4. The fourth-order valence-electron chi connectivity index (χ4n) is 2.47. The van der Waals surface area contributed by atoms with Crippen LogP contribution in [-0.2, 0) is 9.53 Å². The van der Waals surface area contributed by atoms with Crippen LogP contribution in [0.15, 0.2) is 65.1 Å². The van der Waals surface area contributed by atoms with Crippen molar-refractivity contribution in [2.45, 2.75) is 6.92 Å². The Morgan fingerprint density at radius 3 is 2.54 bits per heavy atom. The number of non-ortho nitro benzene ring substituents is 1. The van der Waals surface area contributed by atoms with Crippen LogP contribution < -0.4 is 5.32 Å². The summed E-state index contributed by atoms with van der Waals surface area (Å²) in [6, 6.07) is 15.9. The highest BCUT2D eigenvalue weighted by atomic mass is 16.6. The Morgan fingerprint density at radius 1 is 1.11 bits per heavy atom. The van der Waals surface area contributed by atoms with Crippen molar-refractivity contribution < 1.29 is 23.7 Å². The zero-order chi connectivity index (χ0) is 20.1. The predicted molar refractivity (Wildman–Crippen MR) is 101 cm³/mol. The number of nitro groups is 1. The Hall–Kier alpha value is -3.94. The predicted octanol–water partition coefficient (Wildman–Crippen LogP) is 3.96. The average Bonchev–Trinajstić information content (AvgIpc) is 3.16. The number of rotatable bonds is 6. The van der Waals surface area contributed by atoms with Crippen LogP contribution in [0.3, 0.4) is 0 Å². The van der Waals surface area contributed by atoms with Gasteiger partial charge in [-0.3, -0.25) is 14.9 Å². The highest BCUT2D eigenvalue weighted by molar-refractivity contribution is 5.94. The van der Waals surface area contributed by atoms with Crippen LogP contribution in [-0.4, -0.2) is 23.4 Å². The number of esters is 1. The van der Waals surface area contributed by atoms with Crippen molar-refractivity contribution in [3.8, 4) is 11.3 Å². The molecule has 0 aliphatic carbocycles. The second-order valence-electron chi connectivity index (χ2n) is 5.96. The molecule has 0 fully saturated rings. The topological polar surface area (TPSA) is 112 Å². The Morgan fingerprint density at radius 2 is 1.86 bits per heavy atom. The third kappa shape index (κ3) is 4.61. The van der Waals surface area contributed by atoms with E-state index in [1.165, 1.54) is 30.3 Å². The molecule has 0 aliphatic rings. The molecule has 0 saturated heterocycles. The molecule has 1 amide bonds. The molecule has 8 nitrogen and oxygen atoms in total. The van der Waals surface area contributed by atoms with Crippen LogP contribution in [0.1, 0.15) is 16.1 Å². The summed E-state index contributed by atoms with van der Waals surface area (Å²) in [7, 11) is 0. The van der Waals surface area contributed by atoms with Crippen molar-refractivity contribution in [3.05, 3.63) is 82.1 Å². The van der Waals surface area contributed by atoms with Gasteiger partial charge in [0.25, 0.3) is 11.6 Å². The molecule has 3 aromatic rings. The number of carbonyl (C=O) groups excluding carboxylic acids is 2. The fourth-order valence-corrected chi connectivity index (χ4v) is 2.47. The zero-order valence-electron chi connectivity index (χ0n) is 14.9. The van der Waals surface area contributed by atoms with E-state index in [2.05, 4.69) is 5.32 Å². The molecular formula is C20H16N2O6. The van der Waals surface area contributed by atoms with Gasteiger partial charge in [0.15, 0.2) is 6.61 Å². The molecule has 142 valence electrons. The van der Waals surface area contributed by atoms with E-state index < -0.39 is 23.4 Å². The molecule has 8 heteroatoms. The number of anilines is 1. The van der Waals surface area contributed by atoms with Crippen LogP contribution in [0, 0.1) is 17.0 Å². The van der Waals surface area contributed by atoms with Gasteiger partial charge in [-0.15, -0.1) is 0 Å². The van der Waals surface area contributed by atoms with Gasteiger partial charge in [-0.1, -0.05) is 12.1 Å². The van der Waals surface area contributed by atoms with E-state index in [9.17, 15) is 19.7 Å². The first-order valence-electron chi connectivity index (χ1n) is 8.31. The monoisotopic (exact) mass is 380 g/mol. The number of amides is 1. The average molecular weight is 380 g/mol. The van der Waals surface area contributed by atoms with Gasteiger partial charge in [-0.05, 0) is 48.9 Å². The van der Waals surface area contributed by atoms with Crippen molar-refractivity contribution in [3.63, 3.8) is 0 Å². The molecule has 1 heterocycles. The first kappa shape index (κ1) is 18.8. The van der Waals surface area contributed by atoms with Crippen LogP contribution in [0.2, 0.25) is 0 Å². The van der Waals surface area contributed by atoms with E-state index in [1.807, 2.05) is 13.0 Å². The van der Waals surface area contributed by atoms with Crippen molar-refractivity contribution in [1.29, 1.82) is 0 Å². The van der Waals surface area contributed by atoms with Gasteiger partial charge in [0.2, 0.25) is 5.76 Å². The smallest absolute Gasteiger partial charge is 0.374 e. The van der Waals surface area contributed by atoms with Gasteiger partial charge in [-0.25, -0.2) is 4.79 Å². The lowest BCUT2D eigenvalue weighted by Crippen LogP contribution is -2.20. The summed E-state index contributed by atoms with van der Waals surface area (Å²) in [5.74, 6) is -0.976. The van der Waals surface area contributed by atoms with E-state index in [4.69, 9.17) is 9.15 Å². The fraction of sp³-hybridized carbons (Fsp3) is 0.100. The third-order valence-corrected chi connectivity index (χ3v) is 3.81. The number of hydrogen-bond donors (Lipinski definition) is 1. The van der Waals surface area contributed by atoms with E-state index in [-0.39, 0.29) is 11.4 Å². The molecule has 3 rings (SSSR count). The summed E-state index contributed by atoms with van der Waals surface area (Å²) >= 11 is 0. The Kier molecular flexibility index (Phi) is 5.50. The number of aryl methyl sites for hydroxylation is 1. The van der Waals surface area contributed by atoms with E-state index in [1.54, 1.807) is 24.3 Å². The molecule has 0 spiro atoms. The van der Waals surface area contributed by atoms with Crippen LogP contribution in [0.4, 0.5) is 11.4 Å². The van der Waals surface area contributed by atoms with E-state index >= 15 is 0 Å². The zero-order valence-corrected chi connectivity index (χ0v) is 14.9. The molecule has 0 saturated carbocycles. The van der Waals surface area contributed by atoms with Gasteiger partial charge in [0.1, 0.15) is 5.76 Å². The lowest BCUT2D eigenvalue weighted by molar-refractivity contribution is -0.384. The molecule has 28 heavy (non-hydrogen) atoms. The number of nitro benzene ring substituents is 1. The van der Waals surface area contributed by atoms with Gasteiger partial charge in [0.05, 0.1) is 4.92 Å². The van der Waals surface area contributed by atoms with Crippen LogP contribution in [0.5, 0.6) is 0 Å². The standard InChI is InChI=1S/C20H16N2O6/c1-13-3-2-4-15(11-13)21-19(23)12-27-20(24)18-10-9-17(28-18)14-5-7-16(8-6-14)22(25)26/h2-11H,12H2,1H3,(H,21,23). The highest BCUT2D eigenvalue weighted by Crippen LogP contribution is 2.24. The van der Waals surface area contributed by atoms with Crippen molar-refractivity contribution in [2.24, 2.45) is 0 Å². The summed E-state index contributed by atoms with van der Waals surface area (Å²) in [6.07, 6.45) is 0. The number of nitrogens with one attached hydrogen (secondary N) is 1. The molecule has 0 aliphatic heterocycles. The normalized spacial score (nSPS) is 10.3. The number of hydrogen-bond acceptors (Lipinski definition) is 6. The molecule has 0 unspecified atom stereocenters. The molecule has 1 aromatic heterocycles. The van der Waals surface area contributed by atoms with Gasteiger partial charge < -0.3 is 14.5 Å². The lowest BCUT2D eigenvalue weighted by Gasteiger charge is -2.06. The summed E-state index contributed by atoms with van der Waals surface area (Å²) in [6.45, 7) is 1.44. The largest absolute Gasteiger partial charge is 0.450 e. The molecular weight excluding hydrogens is 364 g/mol. The van der Waals surface area contributed by atoms with Crippen LogP contribution in [0.25, 0.3) is 11.3 Å². The molecule has 2 aromatic carbocycles. The SMILES string of the molecule is Cc1cccc(NC(=O)COC(=O)c2ccc(-c3ccc([N+](=O)[O-])cc3)o2)c1. The second kappa shape index (κ2) is 8.17. The second-order valence-corrected chi connectivity index (χ2v) is 5.96. The highest BCUT2D eigenvalue weighted by Gasteiger charge is 2.16.